The lowest BCUT2D eigenvalue weighted by molar-refractivity contribution is 0.0736. The average molecular weight is 540 g/mol. The summed E-state index contributed by atoms with van der Waals surface area (Å²) in [7, 11) is 0. The van der Waals surface area contributed by atoms with E-state index in [0.29, 0.717) is 33.7 Å². The van der Waals surface area contributed by atoms with Crippen molar-refractivity contribution in [3.8, 4) is 11.5 Å². The number of rotatable bonds is 3. The van der Waals surface area contributed by atoms with Crippen molar-refractivity contribution in [3.63, 3.8) is 0 Å². The maximum absolute atomic E-state index is 13.6. The number of carbonyl (C=O) groups is 1. The molecule has 1 aromatic heterocycles. The van der Waals surface area contributed by atoms with Gasteiger partial charge in [-0.25, -0.2) is 9.78 Å². The van der Waals surface area contributed by atoms with Gasteiger partial charge in [-0.15, -0.1) is 0 Å². The number of aliphatic hydroxyl groups excluding tert-OH is 1. The first-order valence-corrected chi connectivity index (χ1v) is 13.5. The molecule has 6 nitrogen and oxygen atoms in total. The predicted octanol–water partition coefficient (Wildman–Crippen LogP) is 6.52. The van der Waals surface area contributed by atoms with Crippen LogP contribution in [0.1, 0.15) is 97.4 Å². The lowest BCUT2D eigenvalue weighted by Gasteiger charge is -2.25. The third-order valence-corrected chi connectivity index (χ3v) is 7.71. The first kappa shape index (κ1) is 27.5. The van der Waals surface area contributed by atoms with Crippen molar-refractivity contribution < 1.29 is 24.5 Å². The van der Waals surface area contributed by atoms with Crippen LogP contribution in [0.5, 0.6) is 11.5 Å². The first-order valence-electron chi connectivity index (χ1n) is 13.5. The number of fused-ring (bicyclic) bond motifs is 2. The third kappa shape index (κ3) is 4.66. The van der Waals surface area contributed by atoms with Gasteiger partial charge in [0.05, 0.1) is 27.9 Å². The van der Waals surface area contributed by atoms with Gasteiger partial charge in [0.1, 0.15) is 17.5 Å². The zero-order chi connectivity index (χ0) is 29.1. The fourth-order valence-electron chi connectivity index (χ4n) is 5.57. The lowest BCUT2D eigenvalue weighted by Crippen LogP contribution is -2.20. The summed E-state index contributed by atoms with van der Waals surface area (Å²) in [5, 5.41) is 20.7. The fourth-order valence-corrected chi connectivity index (χ4v) is 5.57. The van der Waals surface area contributed by atoms with Gasteiger partial charge in [-0.2, -0.15) is 0 Å². The van der Waals surface area contributed by atoms with E-state index in [-0.39, 0.29) is 22.4 Å². The van der Waals surface area contributed by atoms with Gasteiger partial charge in [-0.1, -0.05) is 77.9 Å². The van der Waals surface area contributed by atoms with Gasteiger partial charge in [0.2, 0.25) is 0 Å². The minimum Gasteiger partial charge on any atom is -0.593 e. The number of ether oxygens (including phenoxy) is 1. The van der Waals surface area contributed by atoms with Crippen LogP contribution in [0.3, 0.4) is 0 Å². The van der Waals surface area contributed by atoms with Crippen LogP contribution in [-0.4, -0.2) is 31.7 Å². The number of para-hydroxylation sites is 1. The Morgan fingerprint density at radius 3 is 2.17 bits per heavy atom. The van der Waals surface area contributed by atoms with E-state index in [2.05, 4.69) is 0 Å². The Hall–Kier alpha value is -4.03. The van der Waals surface area contributed by atoms with Crippen molar-refractivity contribution in [2.24, 2.45) is 0 Å². The number of aryl methyl sites for hydroxylation is 1. The fraction of sp³-hybridized carbons (Fsp3) is 0.324. The van der Waals surface area contributed by atoms with Crippen LogP contribution >= 0.6 is 0 Å². The van der Waals surface area contributed by atoms with Crippen molar-refractivity contribution in [3.05, 3.63) is 99.7 Å². The number of esters is 1. The maximum Gasteiger partial charge on any atom is 0.343 e. The van der Waals surface area contributed by atoms with E-state index in [1.165, 1.54) is 0 Å². The van der Waals surface area contributed by atoms with E-state index in [1.807, 2.05) is 78.8 Å². The number of nitrogens with zero attached hydrogens (tertiary/aromatic N) is 1. The van der Waals surface area contributed by atoms with Gasteiger partial charge >= 0.3 is 11.8 Å². The van der Waals surface area contributed by atoms with E-state index >= 15 is 0 Å². The molecule has 1 heterocycles. The summed E-state index contributed by atoms with van der Waals surface area (Å²) in [6, 6.07) is 18.1. The summed E-state index contributed by atoms with van der Waals surface area (Å²) in [6.07, 6.45) is -0.940. The number of benzene rings is 3. The summed E-state index contributed by atoms with van der Waals surface area (Å²) in [6.45, 7) is 14.1. The molecule has 2 unspecified atom stereocenters. The van der Waals surface area contributed by atoms with Crippen LogP contribution in [0.4, 0.5) is 0 Å². The summed E-state index contributed by atoms with van der Waals surface area (Å²) in [5.74, 6) is -0.446. The maximum atomic E-state index is 13.6. The molecule has 0 aliphatic heterocycles. The Balaban J connectivity index is 1.55. The van der Waals surface area contributed by atoms with E-state index in [1.54, 1.807) is 30.3 Å². The molecule has 0 radical (unpaired) electrons. The molecule has 0 amide bonds. The predicted molar refractivity (Wildman–Crippen MR) is 159 cm³/mol. The summed E-state index contributed by atoms with van der Waals surface area (Å²) in [5.41, 5.74) is 4.43. The Morgan fingerprint density at radius 2 is 1.57 bits per heavy atom. The van der Waals surface area contributed by atoms with Crippen LogP contribution in [0.25, 0.3) is 10.9 Å². The van der Waals surface area contributed by atoms with E-state index in [9.17, 15) is 14.7 Å². The number of ketones is 1. The molecule has 3 aromatic carbocycles. The molecule has 206 valence electrons. The van der Waals surface area contributed by atoms with Crippen LogP contribution in [0.15, 0.2) is 60.7 Å². The van der Waals surface area contributed by atoms with Crippen LogP contribution < -0.4 is 4.74 Å². The molecule has 0 fully saturated rings. The van der Waals surface area contributed by atoms with E-state index in [0.717, 1.165) is 22.1 Å². The second kappa shape index (κ2) is 9.56. The number of hydrogen-bond acceptors (Lipinski definition) is 4. The zero-order valence-corrected chi connectivity index (χ0v) is 24.1. The van der Waals surface area contributed by atoms with Gasteiger partial charge in [-0.3, -0.25) is 4.79 Å². The second-order valence-corrected chi connectivity index (χ2v) is 12.7. The van der Waals surface area contributed by atoms with E-state index < -0.39 is 18.0 Å². The minimum atomic E-state index is -0.940. The molecule has 0 saturated carbocycles. The van der Waals surface area contributed by atoms with Crippen LogP contribution in [0.2, 0.25) is 0 Å². The number of carbonyl (C=O) groups excluding carboxylic acids is 2. The Morgan fingerprint density at radius 1 is 0.950 bits per heavy atom. The highest BCUT2D eigenvalue weighted by Gasteiger charge is 2.46. The first-order chi connectivity index (χ1) is 18.7. The van der Waals surface area contributed by atoms with Crippen molar-refractivity contribution in [2.75, 3.05) is 0 Å². The highest BCUT2D eigenvalue weighted by atomic mass is 16.5. The van der Waals surface area contributed by atoms with Gasteiger partial charge < -0.3 is 14.9 Å². The lowest BCUT2D eigenvalue weighted by atomic mass is 9.78. The molecular formula is C34H37NO5+2. The molecule has 6 heteroatoms. The monoisotopic (exact) mass is 539 g/mol. The Bertz CT molecular complexity index is 1640. The van der Waals surface area contributed by atoms with Gasteiger partial charge in [0, 0.05) is 5.39 Å². The molecule has 40 heavy (non-hydrogen) atoms. The quantitative estimate of drug-likeness (QED) is 0.182. The van der Waals surface area contributed by atoms with Crippen molar-refractivity contribution in [1.82, 2.24) is 4.98 Å². The average Bonchev–Trinajstić information content (AvgIpc) is 3.13. The molecule has 4 N–H and O–H groups in total. The minimum absolute atomic E-state index is 0.0850. The topological polar surface area (TPSA) is 104 Å². The van der Waals surface area contributed by atoms with E-state index in [4.69, 9.17) is 14.8 Å². The molecule has 0 bridgehead atoms. The summed E-state index contributed by atoms with van der Waals surface area (Å²) >= 11 is 0. The molecule has 4 aromatic rings. The second-order valence-electron chi connectivity index (χ2n) is 12.7. The normalized spacial score (nSPS) is 17.2. The Labute approximate surface area is 234 Å². The number of pyridine rings is 1. The summed E-state index contributed by atoms with van der Waals surface area (Å²) < 4.78 is 5.95. The smallest absolute Gasteiger partial charge is 0.343 e. The molecular weight excluding hydrogens is 502 g/mol. The number of aliphatic hydroxyl groups is 1. The number of aromatic nitrogens is 1. The van der Waals surface area contributed by atoms with Crippen molar-refractivity contribution >= 4 is 22.7 Å². The third-order valence-electron chi connectivity index (χ3n) is 7.71. The highest BCUT2D eigenvalue weighted by Crippen LogP contribution is 2.44. The molecule has 1 aliphatic rings. The van der Waals surface area contributed by atoms with Crippen molar-refractivity contribution in [2.45, 2.75) is 71.3 Å². The molecule has 2 atom stereocenters. The zero-order valence-electron chi connectivity index (χ0n) is 24.1. The molecule has 0 spiro atoms. The van der Waals surface area contributed by atoms with Crippen LogP contribution in [0, 0.1) is 6.92 Å². The molecule has 5 rings (SSSR count). The van der Waals surface area contributed by atoms with Gasteiger partial charge in [0.15, 0.2) is 5.75 Å². The molecule has 0 saturated heterocycles. The summed E-state index contributed by atoms with van der Waals surface area (Å²) in [4.78, 5) is 29.5. The van der Waals surface area contributed by atoms with Gasteiger partial charge in [0.25, 0.3) is 5.75 Å². The molecule has 1 aliphatic carbocycles. The Kier molecular flexibility index (Phi) is 6.58. The highest BCUT2D eigenvalue weighted by molar-refractivity contribution is 6.07. The van der Waals surface area contributed by atoms with Crippen molar-refractivity contribution in [1.29, 1.82) is 0 Å². The largest absolute Gasteiger partial charge is 0.593 e. The number of hydrogen-bond donors (Lipinski definition) is 1. The SMILES string of the molecule is Cc1cccc2c1C(=[OH+])C(c1ccc3cccc(OC(=O)c4cc(C(C)(C)C)c([OH2+])c(C(C)(C)C)c4)c3n1)C2O. The van der Waals surface area contributed by atoms with Crippen LogP contribution in [-0.2, 0) is 10.8 Å². The standard InChI is InChI=1S/C34H35NO5/c1-18-10-8-12-21-26(18)31(38)27(29(21)36)24-15-14-19-11-9-13-25(28(19)35-24)40-32(39)20-16-22(33(2,3)4)30(37)23(17-20)34(5,6)7/h8-17,27,29,36-37H,1-7H3/p+2. The van der Waals surface area contributed by atoms with Gasteiger partial charge in [-0.05, 0) is 53.1 Å².